The molecule has 4 heterocycles. The third-order valence-electron chi connectivity index (χ3n) is 13.6. The largest absolute Gasteiger partial charge is 0.508 e. The van der Waals surface area contributed by atoms with Crippen LogP contribution in [0.1, 0.15) is 68.6 Å². The van der Waals surface area contributed by atoms with E-state index in [1.165, 1.54) is 30.3 Å². The summed E-state index contributed by atoms with van der Waals surface area (Å²) in [4.78, 5) is 0. The van der Waals surface area contributed by atoms with Gasteiger partial charge in [-0.25, -0.2) is 0 Å². The Morgan fingerprint density at radius 2 is 0.849 bits per heavy atom. The summed E-state index contributed by atoms with van der Waals surface area (Å²) < 4.78 is 35.8. The molecule has 0 amide bonds. The highest BCUT2D eigenvalue weighted by molar-refractivity contribution is 5.73. The van der Waals surface area contributed by atoms with Crippen LogP contribution in [0, 0.1) is 0 Å². The molecule has 2 fully saturated rings. The van der Waals surface area contributed by atoms with Crippen LogP contribution in [0.25, 0.3) is 12.2 Å². The van der Waals surface area contributed by atoms with Crippen molar-refractivity contribution in [2.75, 3.05) is 13.2 Å². The molecule has 0 aromatic heterocycles. The average molecular weight is 1000 g/mol. The van der Waals surface area contributed by atoms with Gasteiger partial charge in [0.25, 0.3) is 0 Å². The molecule has 0 saturated carbocycles. The summed E-state index contributed by atoms with van der Waals surface area (Å²) in [5.41, 5.74) is 4.09. The van der Waals surface area contributed by atoms with Gasteiger partial charge in [-0.15, -0.1) is 0 Å². The number of fused-ring (bicyclic) bond motifs is 2. The van der Waals surface area contributed by atoms with Crippen molar-refractivity contribution in [3.8, 4) is 51.7 Å². The highest BCUT2D eigenvalue weighted by atomic mass is 16.7. The van der Waals surface area contributed by atoms with Crippen molar-refractivity contribution >= 4 is 12.2 Å². The molecule has 19 nitrogen and oxygen atoms in total. The van der Waals surface area contributed by atoms with Crippen molar-refractivity contribution < 1.29 is 94.8 Å². The summed E-state index contributed by atoms with van der Waals surface area (Å²) in [7, 11) is 0. The molecule has 10 rings (SSSR count). The topological polar surface area (TPSA) is 318 Å². The first kappa shape index (κ1) is 49.4. The molecule has 14 atom stereocenters. The lowest BCUT2D eigenvalue weighted by Crippen LogP contribution is -2.60. The summed E-state index contributed by atoms with van der Waals surface area (Å²) in [5.74, 6) is -1.29. The van der Waals surface area contributed by atoms with Gasteiger partial charge in [-0.05, 0) is 106 Å². The van der Waals surface area contributed by atoms with Gasteiger partial charge in [0.2, 0.25) is 12.6 Å². The molecule has 4 aliphatic heterocycles. The van der Waals surface area contributed by atoms with E-state index in [0.717, 1.165) is 0 Å². The lowest BCUT2D eigenvalue weighted by Gasteiger charge is -2.39. The summed E-state index contributed by atoms with van der Waals surface area (Å²) in [5, 5.41) is 136. The SMILES string of the molecule is OCC1OC(Oc2ccc(C=Cc3cc(O)c4c(c3)OC(c3ccc(O)cc3)C4c3cc(O)c4c(c3)OC(c3ccc(OC5OC(CO)C(O)C(O)C5O)cc3)C4c3cc(O)cc(O)c3)cc2)C(O)C(O)C1O. The molecule has 0 spiro atoms. The van der Waals surface area contributed by atoms with Gasteiger partial charge in [-0.1, -0.05) is 48.6 Å². The van der Waals surface area contributed by atoms with E-state index in [1.54, 1.807) is 97.1 Å². The number of hydrogen-bond acceptors (Lipinski definition) is 19. The van der Waals surface area contributed by atoms with Crippen LogP contribution < -0.4 is 18.9 Å². The molecule has 382 valence electrons. The minimum atomic E-state index is -1.65. The molecule has 6 aromatic carbocycles. The maximum Gasteiger partial charge on any atom is 0.229 e. The Kier molecular flexibility index (Phi) is 13.6. The first-order valence-corrected chi connectivity index (χ1v) is 23.3. The van der Waals surface area contributed by atoms with E-state index in [0.29, 0.717) is 50.3 Å². The quantitative estimate of drug-likeness (QED) is 0.0783. The van der Waals surface area contributed by atoms with Crippen molar-refractivity contribution in [1.82, 2.24) is 0 Å². The smallest absolute Gasteiger partial charge is 0.229 e. The zero-order valence-corrected chi connectivity index (χ0v) is 38.4. The minimum Gasteiger partial charge on any atom is -0.508 e. The van der Waals surface area contributed by atoms with Crippen LogP contribution in [-0.2, 0) is 9.47 Å². The van der Waals surface area contributed by atoms with Gasteiger partial charge < -0.3 is 94.8 Å². The average Bonchev–Trinajstić information content (AvgIpc) is 3.97. The van der Waals surface area contributed by atoms with Crippen LogP contribution >= 0.6 is 0 Å². The van der Waals surface area contributed by atoms with Gasteiger partial charge in [0.1, 0.15) is 113 Å². The number of phenols is 5. The predicted octanol–water partition coefficient (Wildman–Crippen LogP) is 3.27. The zero-order valence-electron chi connectivity index (χ0n) is 38.4. The van der Waals surface area contributed by atoms with Crippen molar-refractivity contribution in [2.24, 2.45) is 0 Å². The van der Waals surface area contributed by atoms with Crippen molar-refractivity contribution in [1.29, 1.82) is 0 Å². The molecule has 0 radical (unpaired) electrons. The number of phenolic OH excluding ortho intramolecular Hbond substituents is 5. The Balaban J connectivity index is 0.948. The highest BCUT2D eigenvalue weighted by Crippen LogP contribution is 2.58. The third-order valence-corrected chi connectivity index (χ3v) is 13.6. The van der Waals surface area contributed by atoms with Crippen LogP contribution in [0.5, 0.6) is 51.7 Å². The van der Waals surface area contributed by atoms with Gasteiger partial charge in [-0.2, -0.15) is 0 Å². The fourth-order valence-electron chi connectivity index (χ4n) is 9.92. The number of benzene rings is 6. The van der Waals surface area contributed by atoms with Crippen LogP contribution in [0.2, 0.25) is 0 Å². The molecule has 14 unspecified atom stereocenters. The van der Waals surface area contributed by atoms with E-state index in [1.807, 2.05) is 0 Å². The summed E-state index contributed by atoms with van der Waals surface area (Å²) >= 11 is 0. The van der Waals surface area contributed by atoms with Crippen molar-refractivity contribution in [2.45, 2.75) is 85.5 Å². The van der Waals surface area contributed by atoms with Crippen LogP contribution in [0.15, 0.2) is 115 Å². The van der Waals surface area contributed by atoms with Crippen molar-refractivity contribution in [3.05, 3.63) is 160 Å². The molecule has 0 aliphatic carbocycles. The number of rotatable bonds is 12. The lowest BCUT2D eigenvalue weighted by atomic mass is 9.81. The van der Waals surface area contributed by atoms with E-state index in [2.05, 4.69) is 0 Å². The molecule has 0 bridgehead atoms. The second-order valence-electron chi connectivity index (χ2n) is 18.4. The zero-order chi connectivity index (χ0) is 51.4. The Morgan fingerprint density at radius 3 is 1.36 bits per heavy atom. The van der Waals surface area contributed by atoms with Gasteiger partial charge >= 0.3 is 0 Å². The summed E-state index contributed by atoms with van der Waals surface area (Å²) in [6.07, 6.45) is -12.8. The summed E-state index contributed by atoms with van der Waals surface area (Å²) in [6.45, 7) is -1.24. The third kappa shape index (κ3) is 9.55. The van der Waals surface area contributed by atoms with E-state index in [9.17, 15) is 66.4 Å². The maximum atomic E-state index is 12.1. The Morgan fingerprint density at radius 1 is 0.411 bits per heavy atom. The molecular formula is C54H52O19. The number of hydrogen-bond donors (Lipinski definition) is 13. The first-order chi connectivity index (χ1) is 35.1. The Hall–Kier alpha value is -7.14. The molecule has 4 aliphatic rings. The molecule has 6 aromatic rings. The van der Waals surface area contributed by atoms with E-state index in [4.69, 9.17) is 28.4 Å². The number of aliphatic hydroxyl groups excluding tert-OH is 8. The van der Waals surface area contributed by atoms with Gasteiger partial charge in [0.15, 0.2) is 0 Å². The van der Waals surface area contributed by atoms with Gasteiger partial charge in [0.05, 0.1) is 25.0 Å². The molecule has 13 N–H and O–H groups in total. The van der Waals surface area contributed by atoms with E-state index in [-0.39, 0.29) is 46.0 Å². The van der Waals surface area contributed by atoms with Gasteiger partial charge in [-0.3, -0.25) is 0 Å². The molecule has 2 saturated heterocycles. The standard InChI is InChI=1S/C54H52O19/c55-22-39-45(62)47(64)49(66)53(72-39)68-33-11-3-24(4-12-33)1-2-25-15-35(60)43-37(16-25)70-51(26-5-9-30(57)10-6-26)42(43)29-19-36(61)44-38(20-29)71-52(41(44)28-17-31(58)21-32(59)18-28)27-7-13-34(14-8-27)69-54-50(67)48(65)46(63)40(23-56)73-54/h1-21,39-42,45-67H,22-23H2. The number of ether oxygens (including phenoxy) is 6. The summed E-state index contributed by atoms with van der Waals surface area (Å²) in [6, 6.07) is 30.1. The van der Waals surface area contributed by atoms with Gasteiger partial charge in [0, 0.05) is 17.2 Å². The van der Waals surface area contributed by atoms with E-state index < -0.39 is 98.7 Å². The van der Waals surface area contributed by atoms with E-state index >= 15 is 0 Å². The normalized spacial score (nSPS) is 29.5. The van der Waals surface area contributed by atoms with Crippen LogP contribution in [-0.4, -0.2) is 141 Å². The van der Waals surface area contributed by atoms with Crippen LogP contribution in [0.3, 0.4) is 0 Å². The monoisotopic (exact) mass is 1000 g/mol. The predicted molar refractivity (Wildman–Crippen MR) is 255 cm³/mol. The Bertz CT molecular complexity index is 2940. The maximum absolute atomic E-state index is 12.1. The highest BCUT2D eigenvalue weighted by Gasteiger charge is 2.47. The lowest BCUT2D eigenvalue weighted by molar-refractivity contribution is -0.277. The molecular weight excluding hydrogens is 953 g/mol. The van der Waals surface area contributed by atoms with Crippen LogP contribution in [0.4, 0.5) is 0 Å². The molecule has 19 heteroatoms. The minimum absolute atomic E-state index is 0.0201. The molecule has 73 heavy (non-hydrogen) atoms. The Labute approximate surface area is 416 Å². The fourth-order valence-corrected chi connectivity index (χ4v) is 9.92. The number of aromatic hydroxyl groups is 5. The van der Waals surface area contributed by atoms with Crippen molar-refractivity contribution in [3.63, 3.8) is 0 Å². The second kappa shape index (κ2) is 20.0. The fraction of sp³-hybridized carbons (Fsp3) is 0.296. The number of aliphatic hydroxyl groups is 8. The second-order valence-corrected chi connectivity index (χ2v) is 18.4. The first-order valence-electron chi connectivity index (χ1n) is 23.3.